The average Bonchev–Trinajstić information content (AvgIpc) is 3.48. The lowest BCUT2D eigenvalue weighted by molar-refractivity contribution is -0.123. The summed E-state index contributed by atoms with van der Waals surface area (Å²) >= 11 is 0. The molecule has 1 atom stereocenters. The highest BCUT2D eigenvalue weighted by Gasteiger charge is 2.23. The minimum atomic E-state index is -0.145. The molecule has 1 aliphatic rings. The second-order valence-corrected chi connectivity index (χ2v) is 12.9. The molecular weight excluding hydrogens is 586 g/mol. The molecule has 5 aromatic rings. The largest absolute Gasteiger partial charge is 0.484 e. The molecule has 1 fully saturated rings. The molecular formula is C39H45N5O3. The second kappa shape index (κ2) is 14.8. The van der Waals surface area contributed by atoms with Crippen molar-refractivity contribution in [2.75, 3.05) is 33.8 Å². The summed E-state index contributed by atoms with van der Waals surface area (Å²) in [6, 6.07) is 28.4. The molecule has 8 heteroatoms. The summed E-state index contributed by atoms with van der Waals surface area (Å²) < 4.78 is 8.14. The van der Waals surface area contributed by atoms with E-state index in [2.05, 4.69) is 50.4 Å². The van der Waals surface area contributed by atoms with Crippen LogP contribution in [0.1, 0.15) is 73.5 Å². The van der Waals surface area contributed by atoms with Gasteiger partial charge in [-0.2, -0.15) is 0 Å². The molecule has 4 aromatic carbocycles. The van der Waals surface area contributed by atoms with Crippen LogP contribution in [0.4, 0.5) is 0 Å². The molecule has 2 N–H and O–H groups in total. The topological polar surface area (TPSA) is 88.5 Å². The first-order valence-corrected chi connectivity index (χ1v) is 16.8. The van der Waals surface area contributed by atoms with Gasteiger partial charge in [0.2, 0.25) is 0 Å². The second-order valence-electron chi connectivity index (χ2n) is 12.9. The summed E-state index contributed by atoms with van der Waals surface area (Å²) in [5, 5.41) is 8.43. The summed E-state index contributed by atoms with van der Waals surface area (Å²) in [5.41, 5.74) is 4.48. The van der Waals surface area contributed by atoms with E-state index in [0.717, 1.165) is 59.2 Å². The number of fused-ring (bicyclic) bond motifs is 2. The van der Waals surface area contributed by atoms with Crippen LogP contribution in [0.2, 0.25) is 0 Å². The predicted octanol–water partition coefficient (Wildman–Crippen LogP) is 7.30. The number of benzene rings is 4. The summed E-state index contributed by atoms with van der Waals surface area (Å²) in [7, 11) is 4.04. The van der Waals surface area contributed by atoms with E-state index in [4.69, 9.17) is 9.72 Å². The van der Waals surface area contributed by atoms with Crippen LogP contribution in [0, 0.1) is 0 Å². The number of carbonyl (C=O) groups excluding carboxylic acids is 2. The van der Waals surface area contributed by atoms with Crippen molar-refractivity contribution in [3.8, 4) is 17.1 Å². The van der Waals surface area contributed by atoms with E-state index >= 15 is 0 Å². The van der Waals surface area contributed by atoms with Crippen LogP contribution >= 0.6 is 0 Å². The molecule has 0 radical (unpaired) electrons. The molecule has 0 spiro atoms. The minimum Gasteiger partial charge on any atom is -0.484 e. The molecule has 47 heavy (non-hydrogen) atoms. The van der Waals surface area contributed by atoms with Gasteiger partial charge in [0.1, 0.15) is 11.6 Å². The Morgan fingerprint density at radius 2 is 1.70 bits per heavy atom. The number of nitrogens with zero attached hydrogens (tertiary/aromatic N) is 3. The molecule has 6 rings (SSSR count). The number of aromatic nitrogens is 2. The molecule has 1 aliphatic carbocycles. The van der Waals surface area contributed by atoms with E-state index in [0.29, 0.717) is 23.9 Å². The fraction of sp³-hybridized carbons (Fsp3) is 0.359. The Hall–Kier alpha value is -4.69. The van der Waals surface area contributed by atoms with Crippen molar-refractivity contribution >= 4 is 33.6 Å². The maximum atomic E-state index is 13.5. The maximum Gasteiger partial charge on any atom is 0.257 e. The number of amides is 2. The molecule has 0 unspecified atom stereocenters. The summed E-state index contributed by atoms with van der Waals surface area (Å²) in [6.45, 7) is 3.55. The van der Waals surface area contributed by atoms with Gasteiger partial charge in [-0.3, -0.25) is 9.59 Å². The van der Waals surface area contributed by atoms with Crippen molar-refractivity contribution < 1.29 is 14.3 Å². The van der Waals surface area contributed by atoms with E-state index in [-0.39, 0.29) is 24.5 Å². The van der Waals surface area contributed by atoms with Gasteiger partial charge in [-0.15, -0.1) is 0 Å². The standard InChI is InChI=1S/C39H45N5O3/c1-27(30-15-14-28-10-7-8-11-31(28)24-30)41-39(46)32-18-21-36-35(25-32)42-38(44(36)33-12-5-4-6-13-33)29-16-19-34(20-17-29)47-26-37(45)40-22-9-23-43(2)3/h7-8,10-11,14-21,24-25,27,33H,4-6,9,12-13,22-23,26H2,1-3H3,(H,40,45)(H,41,46)/t27-/m1/s1. The van der Waals surface area contributed by atoms with Crippen molar-refractivity contribution in [1.29, 1.82) is 0 Å². The van der Waals surface area contributed by atoms with Gasteiger partial charge in [-0.05, 0) is 112 Å². The first kappa shape index (κ1) is 32.3. The Kier molecular flexibility index (Phi) is 10.2. The highest BCUT2D eigenvalue weighted by molar-refractivity contribution is 5.98. The number of nitrogens with one attached hydrogen (secondary N) is 2. The molecule has 8 nitrogen and oxygen atoms in total. The van der Waals surface area contributed by atoms with Gasteiger partial charge in [-0.1, -0.05) is 55.7 Å². The van der Waals surface area contributed by atoms with E-state index in [1.807, 2.05) is 75.6 Å². The molecule has 0 saturated heterocycles. The lowest BCUT2D eigenvalue weighted by atomic mass is 9.94. The van der Waals surface area contributed by atoms with Crippen molar-refractivity contribution in [3.05, 3.63) is 96.1 Å². The van der Waals surface area contributed by atoms with Crippen LogP contribution in [0.3, 0.4) is 0 Å². The maximum absolute atomic E-state index is 13.5. The fourth-order valence-corrected chi connectivity index (χ4v) is 6.52. The molecule has 0 aliphatic heterocycles. The van der Waals surface area contributed by atoms with Gasteiger partial charge in [0.05, 0.1) is 17.1 Å². The summed E-state index contributed by atoms with van der Waals surface area (Å²) in [4.78, 5) is 32.9. The minimum absolute atomic E-state index is 0.0216. The predicted molar refractivity (Wildman–Crippen MR) is 189 cm³/mol. The molecule has 0 bridgehead atoms. The van der Waals surface area contributed by atoms with Gasteiger partial charge < -0.3 is 24.8 Å². The Labute approximate surface area is 277 Å². The van der Waals surface area contributed by atoms with E-state index in [1.165, 1.54) is 24.6 Å². The Bertz CT molecular complexity index is 1840. The monoisotopic (exact) mass is 631 g/mol. The number of ether oxygens (including phenoxy) is 1. The number of imidazole rings is 1. The first-order valence-electron chi connectivity index (χ1n) is 16.8. The van der Waals surface area contributed by atoms with Crippen LogP contribution in [0.15, 0.2) is 84.9 Å². The normalized spacial score (nSPS) is 14.4. The van der Waals surface area contributed by atoms with Crippen molar-refractivity contribution in [1.82, 2.24) is 25.1 Å². The highest BCUT2D eigenvalue weighted by atomic mass is 16.5. The van der Waals surface area contributed by atoms with Crippen LogP contribution in [-0.2, 0) is 4.79 Å². The fourth-order valence-electron chi connectivity index (χ4n) is 6.52. The Morgan fingerprint density at radius 1 is 0.936 bits per heavy atom. The zero-order valence-corrected chi connectivity index (χ0v) is 27.7. The van der Waals surface area contributed by atoms with E-state index in [1.54, 1.807) is 0 Å². The molecule has 1 aromatic heterocycles. The zero-order chi connectivity index (χ0) is 32.8. The molecule has 244 valence electrons. The number of rotatable bonds is 12. The SMILES string of the molecule is C[C@@H](NC(=O)c1ccc2c(c1)nc(-c1ccc(OCC(=O)NCCCN(C)C)cc1)n2C1CCCCC1)c1ccc2ccccc2c1. The lowest BCUT2D eigenvalue weighted by Gasteiger charge is -2.25. The van der Waals surface area contributed by atoms with E-state index < -0.39 is 0 Å². The average molecular weight is 632 g/mol. The highest BCUT2D eigenvalue weighted by Crippen LogP contribution is 2.36. The van der Waals surface area contributed by atoms with Crippen molar-refractivity contribution in [3.63, 3.8) is 0 Å². The number of carbonyl (C=O) groups is 2. The summed E-state index contributed by atoms with van der Waals surface area (Å²) in [5.74, 6) is 1.28. The Morgan fingerprint density at radius 3 is 2.47 bits per heavy atom. The van der Waals surface area contributed by atoms with Gasteiger partial charge in [-0.25, -0.2) is 4.98 Å². The van der Waals surface area contributed by atoms with Crippen molar-refractivity contribution in [2.45, 2.75) is 57.5 Å². The van der Waals surface area contributed by atoms with Gasteiger partial charge in [0.25, 0.3) is 11.8 Å². The van der Waals surface area contributed by atoms with Crippen molar-refractivity contribution in [2.24, 2.45) is 0 Å². The zero-order valence-electron chi connectivity index (χ0n) is 27.7. The van der Waals surface area contributed by atoms with Gasteiger partial charge in [0, 0.05) is 23.7 Å². The number of hydrogen-bond donors (Lipinski definition) is 2. The smallest absolute Gasteiger partial charge is 0.257 e. The van der Waals surface area contributed by atoms with Crippen LogP contribution in [0.5, 0.6) is 5.75 Å². The van der Waals surface area contributed by atoms with Crippen LogP contribution in [0.25, 0.3) is 33.2 Å². The first-order chi connectivity index (χ1) is 22.9. The quantitative estimate of drug-likeness (QED) is 0.141. The number of hydrogen-bond acceptors (Lipinski definition) is 5. The lowest BCUT2D eigenvalue weighted by Crippen LogP contribution is -2.31. The van der Waals surface area contributed by atoms with Gasteiger partial charge >= 0.3 is 0 Å². The molecule has 1 saturated carbocycles. The molecule has 2 amide bonds. The third-order valence-corrected chi connectivity index (χ3v) is 9.10. The van der Waals surface area contributed by atoms with Crippen LogP contribution < -0.4 is 15.4 Å². The summed E-state index contributed by atoms with van der Waals surface area (Å²) in [6.07, 6.45) is 6.75. The van der Waals surface area contributed by atoms with Gasteiger partial charge in [0.15, 0.2) is 6.61 Å². The molecule has 1 heterocycles. The Balaban J connectivity index is 1.19. The third kappa shape index (κ3) is 7.83. The van der Waals surface area contributed by atoms with Crippen LogP contribution in [-0.4, -0.2) is 60.1 Å². The van der Waals surface area contributed by atoms with E-state index in [9.17, 15) is 9.59 Å². The third-order valence-electron chi connectivity index (χ3n) is 9.10.